The van der Waals surface area contributed by atoms with E-state index in [9.17, 15) is 14.7 Å². The highest BCUT2D eigenvalue weighted by molar-refractivity contribution is 9.09. The first-order valence-corrected chi connectivity index (χ1v) is 6.20. The summed E-state index contributed by atoms with van der Waals surface area (Å²) >= 11 is 3.18. The number of halogens is 1. The van der Waals surface area contributed by atoms with E-state index in [0.29, 0.717) is 17.3 Å². The van der Waals surface area contributed by atoms with Crippen molar-refractivity contribution >= 4 is 27.7 Å². The van der Waals surface area contributed by atoms with Crippen LogP contribution in [-0.4, -0.2) is 27.3 Å². The topological polar surface area (TPSA) is 74.6 Å². The third-order valence-corrected chi connectivity index (χ3v) is 2.83. The number of carbonyl (C=O) groups excluding carboxylic acids is 1. The van der Waals surface area contributed by atoms with Crippen molar-refractivity contribution < 1.29 is 19.8 Å². The summed E-state index contributed by atoms with van der Waals surface area (Å²) in [5.41, 5.74) is 1.46. The van der Waals surface area contributed by atoms with Gasteiger partial charge in [0.05, 0.1) is 0 Å². The number of aryl methyl sites for hydroxylation is 1. The molecule has 0 saturated carbocycles. The van der Waals surface area contributed by atoms with Crippen molar-refractivity contribution in [1.82, 2.24) is 0 Å². The molecule has 5 heteroatoms. The molecule has 0 aromatic heterocycles. The molecule has 17 heavy (non-hydrogen) atoms. The molecule has 2 N–H and O–H groups in total. The first-order valence-electron chi connectivity index (χ1n) is 5.08. The summed E-state index contributed by atoms with van der Waals surface area (Å²) in [6.07, 6.45) is -1.25. The smallest absolute Gasteiger partial charge is 0.337 e. The number of Topliss-reactive ketones (excluding diaryl/α,β-unsaturated/α-hetero) is 1. The van der Waals surface area contributed by atoms with E-state index in [1.165, 1.54) is 12.1 Å². The van der Waals surface area contributed by atoms with Crippen LogP contribution in [0, 0.1) is 6.92 Å². The van der Waals surface area contributed by atoms with Gasteiger partial charge in [-0.2, -0.15) is 0 Å². The van der Waals surface area contributed by atoms with Crippen molar-refractivity contribution in [1.29, 1.82) is 0 Å². The van der Waals surface area contributed by atoms with Gasteiger partial charge in [0.25, 0.3) is 0 Å². The molecule has 4 nitrogen and oxygen atoms in total. The second-order valence-corrected chi connectivity index (χ2v) is 4.47. The summed E-state index contributed by atoms with van der Waals surface area (Å²) in [4.78, 5) is 22.4. The number of hydrogen-bond acceptors (Lipinski definition) is 3. The monoisotopic (exact) mass is 300 g/mol. The average Bonchev–Trinajstić information content (AvgIpc) is 2.28. The highest BCUT2D eigenvalue weighted by Gasteiger charge is 2.18. The summed E-state index contributed by atoms with van der Waals surface area (Å²) in [6.45, 7) is 1.78. The maximum absolute atomic E-state index is 11.8. The molecule has 0 aliphatic heterocycles. The number of hydrogen-bond donors (Lipinski definition) is 2. The number of aliphatic carboxylic acids is 1. The summed E-state index contributed by atoms with van der Waals surface area (Å²) in [6, 6.07) is 4.60. The lowest BCUT2D eigenvalue weighted by atomic mass is 9.98. The van der Waals surface area contributed by atoms with E-state index in [2.05, 4.69) is 15.9 Å². The van der Waals surface area contributed by atoms with Crippen LogP contribution in [-0.2, 0) is 4.79 Å². The minimum absolute atomic E-state index is 0.0705. The summed E-state index contributed by atoms with van der Waals surface area (Å²) in [5, 5.41) is 18.7. The summed E-state index contributed by atoms with van der Waals surface area (Å²) < 4.78 is 0. The fourth-order valence-corrected chi connectivity index (χ4v) is 1.83. The van der Waals surface area contributed by atoms with Crippen molar-refractivity contribution in [3.63, 3.8) is 0 Å². The Hall–Kier alpha value is -1.20. The van der Waals surface area contributed by atoms with Crippen molar-refractivity contribution in [2.45, 2.75) is 19.4 Å². The zero-order chi connectivity index (χ0) is 13.0. The number of rotatable bonds is 5. The number of carboxylic acids is 1. The zero-order valence-corrected chi connectivity index (χ0v) is 10.9. The molecule has 1 aromatic rings. The van der Waals surface area contributed by atoms with Gasteiger partial charge in [-0.3, -0.25) is 4.79 Å². The molecular formula is C12H13BrO4. The lowest BCUT2D eigenvalue weighted by molar-refractivity contribution is -0.146. The van der Waals surface area contributed by atoms with E-state index in [-0.39, 0.29) is 11.3 Å². The Morgan fingerprint density at radius 3 is 2.59 bits per heavy atom. The summed E-state index contributed by atoms with van der Waals surface area (Å²) in [7, 11) is 0. The molecule has 1 unspecified atom stereocenters. The van der Waals surface area contributed by atoms with Gasteiger partial charge < -0.3 is 10.2 Å². The maximum atomic E-state index is 11.8. The Kier molecular flexibility index (Phi) is 4.84. The molecule has 0 spiro atoms. The van der Waals surface area contributed by atoms with Gasteiger partial charge in [-0.15, -0.1) is 0 Å². The SMILES string of the molecule is Cc1ccc(C(O)C(=O)O)cc1C(=O)CCBr. The van der Waals surface area contributed by atoms with Crippen LogP contribution < -0.4 is 0 Å². The number of aliphatic hydroxyl groups excluding tert-OH is 1. The van der Waals surface area contributed by atoms with Crippen LogP contribution in [0.4, 0.5) is 0 Å². The van der Waals surface area contributed by atoms with Gasteiger partial charge in [0.1, 0.15) is 0 Å². The fourth-order valence-electron chi connectivity index (χ4n) is 1.47. The zero-order valence-electron chi connectivity index (χ0n) is 9.31. The molecule has 1 atom stereocenters. The van der Waals surface area contributed by atoms with Crippen LogP contribution in [0.3, 0.4) is 0 Å². The van der Waals surface area contributed by atoms with Gasteiger partial charge in [-0.1, -0.05) is 28.1 Å². The lowest BCUT2D eigenvalue weighted by Gasteiger charge is -2.10. The molecule has 0 fully saturated rings. The van der Waals surface area contributed by atoms with Crippen molar-refractivity contribution in [3.05, 3.63) is 34.9 Å². The van der Waals surface area contributed by atoms with Crippen LogP contribution in [0.25, 0.3) is 0 Å². The fraction of sp³-hybridized carbons (Fsp3) is 0.333. The number of benzene rings is 1. The van der Waals surface area contributed by atoms with Crippen molar-refractivity contribution in [2.24, 2.45) is 0 Å². The van der Waals surface area contributed by atoms with Crippen LogP contribution in [0.2, 0.25) is 0 Å². The number of carbonyl (C=O) groups is 2. The van der Waals surface area contributed by atoms with Gasteiger partial charge in [-0.25, -0.2) is 4.79 Å². The predicted octanol–water partition coefficient (Wildman–Crippen LogP) is 2.08. The Labute approximate surface area is 107 Å². The van der Waals surface area contributed by atoms with E-state index in [1.54, 1.807) is 13.0 Å². The third-order valence-electron chi connectivity index (χ3n) is 2.43. The number of alkyl halides is 1. The first-order chi connectivity index (χ1) is 7.97. The maximum Gasteiger partial charge on any atom is 0.337 e. The van der Waals surface area contributed by atoms with Crippen molar-refractivity contribution in [3.8, 4) is 0 Å². The predicted molar refractivity (Wildman–Crippen MR) is 66.5 cm³/mol. The molecule has 0 aliphatic rings. The second kappa shape index (κ2) is 5.93. The highest BCUT2D eigenvalue weighted by Crippen LogP contribution is 2.19. The lowest BCUT2D eigenvalue weighted by Crippen LogP contribution is -2.12. The average molecular weight is 301 g/mol. The van der Waals surface area contributed by atoms with E-state index in [0.717, 1.165) is 5.56 Å². The second-order valence-electron chi connectivity index (χ2n) is 3.68. The quantitative estimate of drug-likeness (QED) is 0.645. The third kappa shape index (κ3) is 3.38. The molecule has 0 heterocycles. The Bertz CT molecular complexity index is 442. The Morgan fingerprint density at radius 2 is 2.06 bits per heavy atom. The molecule has 0 saturated heterocycles. The molecule has 0 aliphatic carbocycles. The van der Waals surface area contributed by atoms with E-state index in [4.69, 9.17) is 5.11 Å². The molecule has 0 bridgehead atoms. The van der Waals surface area contributed by atoms with Gasteiger partial charge >= 0.3 is 5.97 Å². The molecule has 1 aromatic carbocycles. The number of aliphatic hydroxyl groups is 1. The van der Waals surface area contributed by atoms with E-state index >= 15 is 0 Å². The van der Waals surface area contributed by atoms with Crippen LogP contribution in [0.1, 0.15) is 34.0 Å². The van der Waals surface area contributed by atoms with Gasteiger partial charge in [0.2, 0.25) is 0 Å². The molecule has 0 radical (unpaired) electrons. The van der Waals surface area contributed by atoms with Gasteiger partial charge in [0.15, 0.2) is 11.9 Å². The van der Waals surface area contributed by atoms with Crippen LogP contribution >= 0.6 is 15.9 Å². The van der Waals surface area contributed by atoms with E-state index in [1.807, 2.05) is 0 Å². The molecule has 1 rings (SSSR count). The first kappa shape index (κ1) is 13.9. The standard InChI is InChI=1S/C12H13BrO4/c1-7-2-3-8(11(15)12(16)17)6-9(7)10(14)4-5-13/h2-3,6,11,15H,4-5H2,1H3,(H,16,17). The Morgan fingerprint density at radius 1 is 1.41 bits per heavy atom. The molecule has 0 amide bonds. The van der Waals surface area contributed by atoms with Gasteiger partial charge in [0, 0.05) is 17.3 Å². The minimum Gasteiger partial charge on any atom is -0.479 e. The van der Waals surface area contributed by atoms with E-state index < -0.39 is 12.1 Å². The van der Waals surface area contributed by atoms with Crippen LogP contribution in [0.5, 0.6) is 0 Å². The molecular weight excluding hydrogens is 288 g/mol. The minimum atomic E-state index is -1.59. The number of ketones is 1. The van der Waals surface area contributed by atoms with Gasteiger partial charge in [-0.05, 0) is 24.1 Å². The highest BCUT2D eigenvalue weighted by atomic mass is 79.9. The normalized spacial score (nSPS) is 12.2. The largest absolute Gasteiger partial charge is 0.479 e. The molecule has 92 valence electrons. The Balaban J connectivity index is 3.10. The number of carboxylic acid groups (broad SMARTS) is 1. The summed E-state index contributed by atoms with van der Waals surface area (Å²) in [5.74, 6) is -1.40. The van der Waals surface area contributed by atoms with Crippen molar-refractivity contribution in [2.75, 3.05) is 5.33 Å². The van der Waals surface area contributed by atoms with Crippen LogP contribution in [0.15, 0.2) is 18.2 Å².